The van der Waals surface area contributed by atoms with Crippen LogP contribution in [0.3, 0.4) is 0 Å². The molecule has 3 N–H and O–H groups in total. The van der Waals surface area contributed by atoms with Crippen molar-refractivity contribution in [2.75, 3.05) is 11.9 Å². The third-order valence-electron chi connectivity index (χ3n) is 2.65. The summed E-state index contributed by atoms with van der Waals surface area (Å²) in [6, 6.07) is 10.0. The Morgan fingerprint density at radius 3 is 2.90 bits per heavy atom. The molecule has 2 aromatic rings. The number of rotatable bonds is 3. The van der Waals surface area contributed by atoms with Crippen LogP contribution in [0.5, 0.6) is 0 Å². The molecule has 0 saturated heterocycles. The van der Waals surface area contributed by atoms with Gasteiger partial charge in [0, 0.05) is 23.9 Å². The molecule has 106 valence electrons. The van der Waals surface area contributed by atoms with E-state index in [0.717, 1.165) is 5.56 Å². The number of carbonyl (C=O) groups excluding carboxylic acids is 1. The van der Waals surface area contributed by atoms with E-state index in [2.05, 4.69) is 22.1 Å². The van der Waals surface area contributed by atoms with Crippen LogP contribution in [0.4, 0.5) is 5.69 Å². The Kier molecular flexibility index (Phi) is 4.91. The first kappa shape index (κ1) is 14.6. The summed E-state index contributed by atoms with van der Waals surface area (Å²) >= 11 is 0. The van der Waals surface area contributed by atoms with Crippen molar-refractivity contribution in [3.63, 3.8) is 0 Å². The Bertz CT molecular complexity index is 754. The fraction of sp³-hybridized carbons (Fsp3) is 0.125. The number of aliphatic hydroxyl groups excluding tert-OH is 1. The van der Waals surface area contributed by atoms with Crippen LogP contribution < -0.4 is 10.9 Å². The van der Waals surface area contributed by atoms with Gasteiger partial charge in [0.15, 0.2) is 0 Å². The molecule has 0 aliphatic rings. The molecule has 1 heterocycles. The first-order valence-corrected chi connectivity index (χ1v) is 6.39. The van der Waals surface area contributed by atoms with Gasteiger partial charge in [-0.2, -0.15) is 0 Å². The molecule has 1 aromatic heterocycles. The van der Waals surface area contributed by atoms with Crippen molar-refractivity contribution in [3.8, 4) is 11.8 Å². The number of aliphatic hydroxyl groups is 1. The minimum atomic E-state index is -0.475. The second-order valence-electron chi connectivity index (χ2n) is 4.22. The van der Waals surface area contributed by atoms with E-state index in [9.17, 15) is 9.59 Å². The fourth-order valence-electron chi connectivity index (χ4n) is 1.69. The Hall–Kier alpha value is -2.84. The second-order valence-corrected chi connectivity index (χ2v) is 4.22. The summed E-state index contributed by atoms with van der Waals surface area (Å²) in [7, 11) is 0. The SMILES string of the molecule is O=C(Nc1cccc(C#CCCO)c1)c1ccc[nH]c1=O. The standard InChI is InChI=1S/C16H14N2O3/c19-10-2-1-5-12-6-3-7-13(11-12)18-16(21)14-8-4-9-17-15(14)20/h3-4,6-9,11,19H,2,10H2,(H,17,20)(H,18,21). The summed E-state index contributed by atoms with van der Waals surface area (Å²) in [5.41, 5.74) is 0.894. The Labute approximate surface area is 121 Å². The van der Waals surface area contributed by atoms with Crippen LogP contribution in [0.25, 0.3) is 0 Å². The number of hydrogen-bond acceptors (Lipinski definition) is 3. The average Bonchev–Trinajstić information content (AvgIpc) is 2.48. The van der Waals surface area contributed by atoms with Gasteiger partial charge in [0.2, 0.25) is 0 Å². The van der Waals surface area contributed by atoms with Crippen LogP contribution in [0.15, 0.2) is 47.4 Å². The second kappa shape index (κ2) is 7.08. The van der Waals surface area contributed by atoms with Gasteiger partial charge < -0.3 is 15.4 Å². The highest BCUT2D eigenvalue weighted by Crippen LogP contribution is 2.10. The van der Waals surface area contributed by atoms with Gasteiger partial charge in [-0.1, -0.05) is 17.9 Å². The topological polar surface area (TPSA) is 82.2 Å². The predicted molar refractivity (Wildman–Crippen MR) is 80.0 cm³/mol. The lowest BCUT2D eigenvalue weighted by molar-refractivity contribution is 0.102. The molecular formula is C16H14N2O3. The van der Waals surface area contributed by atoms with Gasteiger partial charge in [-0.25, -0.2) is 0 Å². The van der Waals surface area contributed by atoms with Crippen molar-refractivity contribution in [2.24, 2.45) is 0 Å². The zero-order valence-electron chi connectivity index (χ0n) is 11.2. The molecule has 1 amide bonds. The average molecular weight is 282 g/mol. The van der Waals surface area contributed by atoms with Gasteiger partial charge >= 0.3 is 0 Å². The quantitative estimate of drug-likeness (QED) is 0.743. The zero-order chi connectivity index (χ0) is 15.1. The van der Waals surface area contributed by atoms with Crippen molar-refractivity contribution in [1.82, 2.24) is 4.98 Å². The predicted octanol–water partition coefficient (Wildman–Crippen LogP) is 1.36. The molecule has 5 heteroatoms. The van der Waals surface area contributed by atoms with Crippen molar-refractivity contribution >= 4 is 11.6 Å². The van der Waals surface area contributed by atoms with E-state index in [1.807, 2.05) is 0 Å². The van der Waals surface area contributed by atoms with Crippen LogP contribution in [0.2, 0.25) is 0 Å². The first-order chi connectivity index (χ1) is 10.2. The Balaban J connectivity index is 2.15. The molecule has 0 unspecified atom stereocenters. The van der Waals surface area contributed by atoms with Crippen molar-refractivity contribution in [1.29, 1.82) is 0 Å². The molecule has 0 bridgehead atoms. The normalized spacial score (nSPS) is 9.57. The number of nitrogens with one attached hydrogen (secondary N) is 2. The maximum absolute atomic E-state index is 12.0. The smallest absolute Gasteiger partial charge is 0.261 e. The number of benzene rings is 1. The molecule has 2 rings (SSSR count). The van der Waals surface area contributed by atoms with Gasteiger partial charge in [0.1, 0.15) is 5.56 Å². The zero-order valence-corrected chi connectivity index (χ0v) is 11.2. The van der Waals surface area contributed by atoms with Crippen LogP contribution >= 0.6 is 0 Å². The number of aromatic amines is 1. The molecular weight excluding hydrogens is 268 g/mol. The molecule has 0 fully saturated rings. The molecule has 0 spiro atoms. The number of hydrogen-bond donors (Lipinski definition) is 3. The summed E-state index contributed by atoms with van der Waals surface area (Å²) in [5.74, 6) is 5.21. The van der Waals surface area contributed by atoms with Gasteiger partial charge in [0.25, 0.3) is 11.5 Å². The van der Waals surface area contributed by atoms with Crippen LogP contribution in [-0.4, -0.2) is 22.6 Å². The molecule has 0 aliphatic heterocycles. The van der Waals surface area contributed by atoms with Gasteiger partial charge in [-0.3, -0.25) is 9.59 Å². The number of pyridine rings is 1. The summed E-state index contributed by atoms with van der Waals surface area (Å²) < 4.78 is 0. The van der Waals surface area contributed by atoms with Crippen molar-refractivity contribution in [2.45, 2.75) is 6.42 Å². The van der Waals surface area contributed by atoms with Gasteiger partial charge in [0.05, 0.1) is 6.61 Å². The first-order valence-electron chi connectivity index (χ1n) is 6.39. The summed E-state index contributed by atoms with van der Waals surface area (Å²) in [5, 5.41) is 11.3. The Morgan fingerprint density at radius 2 is 2.14 bits per heavy atom. The third-order valence-corrected chi connectivity index (χ3v) is 2.65. The molecule has 0 aliphatic carbocycles. The molecule has 0 atom stereocenters. The van der Waals surface area contributed by atoms with Crippen molar-refractivity contribution in [3.05, 3.63) is 64.1 Å². The summed E-state index contributed by atoms with van der Waals surface area (Å²) in [6.07, 6.45) is 1.87. The van der Waals surface area contributed by atoms with Crippen LogP contribution in [0, 0.1) is 11.8 Å². The molecule has 21 heavy (non-hydrogen) atoms. The van der Waals surface area contributed by atoms with E-state index in [4.69, 9.17) is 5.11 Å². The minimum Gasteiger partial charge on any atom is -0.395 e. The van der Waals surface area contributed by atoms with E-state index >= 15 is 0 Å². The van der Waals surface area contributed by atoms with E-state index in [1.165, 1.54) is 12.3 Å². The number of carbonyl (C=O) groups is 1. The monoisotopic (exact) mass is 282 g/mol. The maximum atomic E-state index is 12.0. The summed E-state index contributed by atoms with van der Waals surface area (Å²) in [4.78, 5) is 26.0. The van der Waals surface area contributed by atoms with E-state index < -0.39 is 11.5 Å². The minimum absolute atomic E-state index is 0.0141. The molecule has 1 aromatic carbocycles. The van der Waals surface area contributed by atoms with Gasteiger partial charge in [-0.05, 0) is 30.3 Å². The lowest BCUT2D eigenvalue weighted by Gasteiger charge is -2.04. The fourth-order valence-corrected chi connectivity index (χ4v) is 1.69. The highest BCUT2D eigenvalue weighted by Gasteiger charge is 2.09. The number of anilines is 1. The maximum Gasteiger partial charge on any atom is 0.261 e. The lowest BCUT2D eigenvalue weighted by atomic mass is 10.2. The summed E-state index contributed by atoms with van der Waals surface area (Å²) in [6.45, 7) is 0.0141. The van der Waals surface area contributed by atoms with Crippen LogP contribution in [0.1, 0.15) is 22.3 Å². The number of amides is 1. The molecule has 0 saturated carbocycles. The number of H-pyrrole nitrogens is 1. The van der Waals surface area contributed by atoms with Crippen molar-refractivity contribution < 1.29 is 9.90 Å². The van der Waals surface area contributed by atoms with Gasteiger partial charge in [-0.15, -0.1) is 0 Å². The van der Waals surface area contributed by atoms with E-state index in [1.54, 1.807) is 30.3 Å². The molecule has 0 radical (unpaired) electrons. The molecule has 5 nitrogen and oxygen atoms in total. The van der Waals surface area contributed by atoms with E-state index in [0.29, 0.717) is 12.1 Å². The lowest BCUT2D eigenvalue weighted by Crippen LogP contribution is -2.22. The highest BCUT2D eigenvalue weighted by atomic mass is 16.2. The largest absolute Gasteiger partial charge is 0.395 e. The highest BCUT2D eigenvalue weighted by molar-refractivity contribution is 6.04. The third kappa shape index (κ3) is 4.06. The number of aromatic nitrogens is 1. The van der Waals surface area contributed by atoms with E-state index in [-0.39, 0.29) is 12.2 Å². The Morgan fingerprint density at radius 1 is 1.29 bits per heavy atom. The van der Waals surface area contributed by atoms with Crippen LogP contribution in [-0.2, 0) is 0 Å².